The van der Waals surface area contributed by atoms with Crippen molar-refractivity contribution in [1.82, 2.24) is 19.7 Å². The van der Waals surface area contributed by atoms with E-state index >= 15 is 0 Å². The molecule has 0 fully saturated rings. The third-order valence-electron chi connectivity index (χ3n) is 3.86. The number of hydrogen-bond acceptors (Lipinski definition) is 6. The van der Waals surface area contributed by atoms with Crippen molar-refractivity contribution in [3.63, 3.8) is 0 Å². The highest BCUT2D eigenvalue weighted by atomic mass is 79.9. The van der Waals surface area contributed by atoms with Crippen LogP contribution in [0.1, 0.15) is 11.1 Å². The van der Waals surface area contributed by atoms with Gasteiger partial charge in [0.1, 0.15) is 17.8 Å². The van der Waals surface area contributed by atoms with Crippen molar-refractivity contribution < 1.29 is 4.74 Å². The number of ether oxygens (including phenoxy) is 1. The summed E-state index contributed by atoms with van der Waals surface area (Å²) in [6, 6.07) is 5.96. The maximum absolute atomic E-state index is 6.19. The average Bonchev–Trinajstić information content (AvgIpc) is 3.24. The van der Waals surface area contributed by atoms with Gasteiger partial charge in [-0.3, -0.25) is 0 Å². The summed E-state index contributed by atoms with van der Waals surface area (Å²) >= 11 is 3.55. The largest absolute Gasteiger partial charge is 0.493 e. The van der Waals surface area contributed by atoms with Crippen LogP contribution >= 0.6 is 15.9 Å². The molecule has 0 aliphatic carbocycles. The minimum absolute atomic E-state index is 0.453. The second-order valence-corrected chi connectivity index (χ2v) is 6.33. The Kier molecular flexibility index (Phi) is 3.81. The highest BCUT2D eigenvalue weighted by molar-refractivity contribution is 9.10. The molecule has 1 aliphatic heterocycles. The van der Waals surface area contributed by atoms with E-state index in [-0.39, 0.29) is 0 Å². The molecular formula is C16H15BrN6O. The number of nitrogens with two attached hydrogens (primary N) is 1. The van der Waals surface area contributed by atoms with E-state index in [1.165, 1.54) is 11.9 Å². The van der Waals surface area contributed by atoms with Crippen LogP contribution in [0.25, 0.3) is 5.82 Å². The lowest BCUT2D eigenvalue weighted by molar-refractivity contribution is 0.354. The van der Waals surface area contributed by atoms with E-state index < -0.39 is 0 Å². The second-order valence-electron chi connectivity index (χ2n) is 5.42. The van der Waals surface area contributed by atoms with Crippen molar-refractivity contribution in [1.29, 1.82) is 0 Å². The van der Waals surface area contributed by atoms with Crippen LogP contribution in [0.15, 0.2) is 41.4 Å². The maximum atomic E-state index is 6.19. The lowest BCUT2D eigenvalue weighted by Gasteiger charge is -2.13. The van der Waals surface area contributed by atoms with Gasteiger partial charge in [0, 0.05) is 35.4 Å². The molecule has 0 radical (unpaired) electrons. The minimum atomic E-state index is 0.453. The molecule has 3 aromatic rings. The molecule has 4 rings (SSSR count). The van der Waals surface area contributed by atoms with Crippen molar-refractivity contribution in [2.24, 2.45) is 0 Å². The Morgan fingerprint density at radius 1 is 1.33 bits per heavy atom. The number of nitrogens with zero attached hydrogens (tertiary/aromatic N) is 4. The molecule has 0 saturated carbocycles. The van der Waals surface area contributed by atoms with E-state index in [1.54, 1.807) is 17.1 Å². The summed E-state index contributed by atoms with van der Waals surface area (Å²) in [6.45, 7) is 1.28. The molecule has 3 N–H and O–H groups in total. The van der Waals surface area contributed by atoms with E-state index in [4.69, 9.17) is 10.5 Å². The highest BCUT2D eigenvalue weighted by Crippen LogP contribution is 2.33. The van der Waals surface area contributed by atoms with Gasteiger partial charge in [0.05, 0.1) is 6.61 Å². The molecular weight excluding hydrogens is 372 g/mol. The number of aromatic nitrogens is 4. The molecule has 2 aromatic heterocycles. The van der Waals surface area contributed by atoms with Gasteiger partial charge in [0.15, 0.2) is 11.6 Å². The number of benzene rings is 1. The van der Waals surface area contributed by atoms with E-state index in [1.807, 2.05) is 12.1 Å². The molecule has 0 bridgehead atoms. The van der Waals surface area contributed by atoms with Gasteiger partial charge >= 0.3 is 0 Å². The summed E-state index contributed by atoms with van der Waals surface area (Å²) in [5.41, 5.74) is 8.93. The van der Waals surface area contributed by atoms with Crippen molar-refractivity contribution in [3.8, 4) is 11.6 Å². The van der Waals surface area contributed by atoms with Gasteiger partial charge in [-0.25, -0.2) is 14.6 Å². The van der Waals surface area contributed by atoms with Gasteiger partial charge in [-0.2, -0.15) is 5.10 Å². The van der Waals surface area contributed by atoms with Crippen molar-refractivity contribution in [3.05, 3.63) is 52.5 Å². The number of rotatable bonds is 4. The first-order valence-corrected chi connectivity index (χ1v) is 8.30. The molecule has 0 unspecified atom stereocenters. The van der Waals surface area contributed by atoms with Crippen LogP contribution in [0.5, 0.6) is 5.75 Å². The predicted octanol–water partition coefficient (Wildman–Crippen LogP) is 2.55. The number of fused-ring (bicyclic) bond motifs is 1. The van der Waals surface area contributed by atoms with E-state index in [9.17, 15) is 0 Å². The van der Waals surface area contributed by atoms with Gasteiger partial charge in [-0.1, -0.05) is 15.9 Å². The maximum Gasteiger partial charge on any atom is 0.181 e. The van der Waals surface area contributed by atoms with Gasteiger partial charge in [-0.05, 0) is 23.8 Å². The summed E-state index contributed by atoms with van der Waals surface area (Å²) in [5.74, 6) is 2.07. The number of nitrogens with one attached hydrogen (secondary N) is 1. The van der Waals surface area contributed by atoms with Crippen LogP contribution < -0.4 is 15.8 Å². The third kappa shape index (κ3) is 2.69. The normalized spacial score (nSPS) is 12.7. The number of nitrogen functional groups attached to an aromatic ring is 1. The fourth-order valence-electron chi connectivity index (χ4n) is 2.76. The Bertz CT molecular complexity index is 881. The van der Waals surface area contributed by atoms with Gasteiger partial charge in [0.2, 0.25) is 0 Å². The summed E-state index contributed by atoms with van der Waals surface area (Å²) in [6.07, 6.45) is 5.87. The molecule has 122 valence electrons. The van der Waals surface area contributed by atoms with Crippen LogP contribution in [0, 0.1) is 0 Å². The summed E-state index contributed by atoms with van der Waals surface area (Å²) in [5, 5.41) is 7.43. The molecule has 24 heavy (non-hydrogen) atoms. The summed E-state index contributed by atoms with van der Waals surface area (Å²) < 4.78 is 8.40. The van der Waals surface area contributed by atoms with Crippen LogP contribution in [-0.2, 0) is 13.0 Å². The third-order valence-corrected chi connectivity index (χ3v) is 4.31. The molecule has 0 atom stereocenters. The Morgan fingerprint density at radius 2 is 2.25 bits per heavy atom. The molecule has 0 spiro atoms. The lowest BCUT2D eigenvalue weighted by Crippen LogP contribution is -2.10. The Hall–Kier alpha value is -2.61. The first-order valence-electron chi connectivity index (χ1n) is 7.51. The Morgan fingerprint density at radius 3 is 3.08 bits per heavy atom. The zero-order valence-electron chi connectivity index (χ0n) is 12.7. The standard InChI is InChI=1S/C16H15BrN6O/c17-12-6-10-2-5-24-14(10)11(7-12)8-19-15-13(18)16(21-9-20-15)23-4-1-3-22-23/h1,3-4,6-7,9H,2,5,8,18H2,(H,19,20,21). The first-order chi connectivity index (χ1) is 11.7. The lowest BCUT2D eigenvalue weighted by atomic mass is 10.1. The zero-order valence-corrected chi connectivity index (χ0v) is 14.3. The van der Waals surface area contributed by atoms with Crippen LogP contribution in [0.4, 0.5) is 11.5 Å². The molecule has 1 aliphatic rings. The number of hydrogen-bond donors (Lipinski definition) is 2. The fraction of sp³-hybridized carbons (Fsp3) is 0.188. The number of anilines is 2. The topological polar surface area (TPSA) is 90.9 Å². The van der Waals surface area contributed by atoms with Gasteiger partial charge in [-0.15, -0.1) is 0 Å². The van der Waals surface area contributed by atoms with Crippen molar-refractivity contribution >= 4 is 27.4 Å². The smallest absolute Gasteiger partial charge is 0.181 e. The fourth-order valence-corrected chi connectivity index (χ4v) is 3.31. The molecule has 0 amide bonds. The Balaban J connectivity index is 1.60. The van der Waals surface area contributed by atoms with Gasteiger partial charge < -0.3 is 15.8 Å². The molecule has 8 heteroatoms. The molecule has 0 saturated heterocycles. The Labute approximate surface area is 147 Å². The van der Waals surface area contributed by atoms with Crippen molar-refractivity contribution in [2.45, 2.75) is 13.0 Å². The molecule has 7 nitrogen and oxygen atoms in total. The SMILES string of the molecule is Nc1c(NCc2cc(Br)cc3c2OCC3)ncnc1-n1cccn1. The van der Waals surface area contributed by atoms with Crippen LogP contribution in [-0.4, -0.2) is 26.4 Å². The van der Waals surface area contributed by atoms with Crippen molar-refractivity contribution in [2.75, 3.05) is 17.7 Å². The van der Waals surface area contributed by atoms with E-state index in [0.717, 1.165) is 28.8 Å². The van der Waals surface area contributed by atoms with E-state index in [0.29, 0.717) is 23.9 Å². The minimum Gasteiger partial charge on any atom is -0.493 e. The van der Waals surface area contributed by atoms with Crippen LogP contribution in [0.3, 0.4) is 0 Å². The van der Waals surface area contributed by atoms with Gasteiger partial charge in [0.25, 0.3) is 0 Å². The predicted molar refractivity (Wildman–Crippen MR) is 94.2 cm³/mol. The van der Waals surface area contributed by atoms with Crippen LogP contribution in [0.2, 0.25) is 0 Å². The number of halogens is 1. The first kappa shape index (κ1) is 14.9. The monoisotopic (exact) mass is 386 g/mol. The second kappa shape index (κ2) is 6.12. The zero-order chi connectivity index (χ0) is 16.5. The summed E-state index contributed by atoms with van der Waals surface area (Å²) in [7, 11) is 0. The van der Waals surface area contributed by atoms with E-state index in [2.05, 4.69) is 42.4 Å². The molecule has 3 heterocycles. The summed E-state index contributed by atoms with van der Waals surface area (Å²) in [4.78, 5) is 8.44. The highest BCUT2D eigenvalue weighted by Gasteiger charge is 2.18. The molecule has 1 aromatic carbocycles. The quantitative estimate of drug-likeness (QED) is 0.715. The average molecular weight is 387 g/mol.